The molecule has 2 aromatic rings. The van der Waals surface area contributed by atoms with Gasteiger partial charge in [0.2, 0.25) is 0 Å². The number of aromatic nitrogens is 1. The quantitative estimate of drug-likeness (QED) is 0.871. The highest BCUT2D eigenvalue weighted by Crippen LogP contribution is 2.30. The Morgan fingerprint density at radius 1 is 1.35 bits per heavy atom. The number of likely N-dealkylation sites (N-methyl/N-ethyl adjacent to an activating group) is 1. The highest BCUT2D eigenvalue weighted by molar-refractivity contribution is 5.98. The summed E-state index contributed by atoms with van der Waals surface area (Å²) in [5, 5.41) is 11.5. The Bertz CT molecular complexity index is 802. The lowest BCUT2D eigenvalue weighted by molar-refractivity contribution is -0.0231. The smallest absolute Gasteiger partial charge is 0.270 e. The van der Waals surface area contributed by atoms with E-state index in [4.69, 9.17) is 4.74 Å². The maximum atomic E-state index is 13.9. The van der Waals surface area contributed by atoms with Crippen LogP contribution in [-0.2, 0) is 4.74 Å². The fraction of sp³-hybridized carbons (Fsp3) is 0.526. The molecular formula is C19H24FN3O3. The van der Waals surface area contributed by atoms with Crippen LogP contribution < -0.4 is 0 Å². The number of nitrogens with one attached hydrogen (secondary N) is 1. The van der Waals surface area contributed by atoms with Gasteiger partial charge in [-0.1, -0.05) is 12.1 Å². The van der Waals surface area contributed by atoms with Crippen LogP contribution >= 0.6 is 0 Å². The lowest BCUT2D eigenvalue weighted by Crippen LogP contribution is -2.51. The molecule has 2 fully saturated rings. The molecule has 7 heteroatoms. The summed E-state index contributed by atoms with van der Waals surface area (Å²) in [5.41, 5.74) is 0.678. The van der Waals surface area contributed by atoms with Crippen molar-refractivity contribution >= 4 is 16.8 Å². The molecule has 1 aromatic heterocycles. The van der Waals surface area contributed by atoms with E-state index in [-0.39, 0.29) is 23.8 Å². The van der Waals surface area contributed by atoms with E-state index in [1.165, 1.54) is 6.07 Å². The zero-order valence-corrected chi connectivity index (χ0v) is 14.8. The molecule has 3 atom stereocenters. The summed E-state index contributed by atoms with van der Waals surface area (Å²) in [6, 6.07) is 6.23. The van der Waals surface area contributed by atoms with E-state index in [1.807, 2.05) is 0 Å². The Hall–Kier alpha value is -1.96. The monoisotopic (exact) mass is 361 g/mol. The van der Waals surface area contributed by atoms with Crippen molar-refractivity contribution in [1.29, 1.82) is 0 Å². The fourth-order valence-corrected chi connectivity index (χ4v) is 4.24. The van der Waals surface area contributed by atoms with E-state index >= 15 is 0 Å². The molecule has 1 aliphatic carbocycles. The molecule has 1 saturated heterocycles. The number of hydrogen-bond acceptors (Lipinski definition) is 4. The zero-order valence-electron chi connectivity index (χ0n) is 14.8. The minimum Gasteiger partial charge on any atom is -0.389 e. The fourth-order valence-electron chi connectivity index (χ4n) is 4.24. The molecule has 140 valence electrons. The molecule has 0 bridgehead atoms. The van der Waals surface area contributed by atoms with Crippen molar-refractivity contribution in [1.82, 2.24) is 14.8 Å². The van der Waals surface area contributed by atoms with Gasteiger partial charge in [0.25, 0.3) is 5.91 Å². The van der Waals surface area contributed by atoms with Crippen LogP contribution in [0.2, 0.25) is 0 Å². The lowest BCUT2D eigenvalue weighted by atomic mass is 10.1. The Morgan fingerprint density at radius 3 is 2.85 bits per heavy atom. The Labute approximate surface area is 151 Å². The number of fused-ring (bicyclic) bond motifs is 1. The first-order valence-corrected chi connectivity index (χ1v) is 9.10. The van der Waals surface area contributed by atoms with Gasteiger partial charge < -0.3 is 19.7 Å². The SMILES string of the molecule is CN(C(=O)c1cc2cccc(F)c2[nH]1)[C@@H]1CC[C@@H](N2CCOCC2)[C@@H]1O. The van der Waals surface area contributed by atoms with E-state index < -0.39 is 6.10 Å². The predicted molar refractivity (Wildman–Crippen MR) is 95.6 cm³/mol. The average Bonchev–Trinajstić information content (AvgIpc) is 3.26. The number of amides is 1. The Morgan fingerprint density at radius 2 is 2.12 bits per heavy atom. The van der Waals surface area contributed by atoms with Crippen LogP contribution in [0.4, 0.5) is 4.39 Å². The van der Waals surface area contributed by atoms with Gasteiger partial charge >= 0.3 is 0 Å². The first-order valence-electron chi connectivity index (χ1n) is 9.10. The minimum atomic E-state index is -0.594. The molecule has 1 aliphatic heterocycles. The normalized spacial score (nSPS) is 27.1. The highest BCUT2D eigenvalue weighted by atomic mass is 19.1. The summed E-state index contributed by atoms with van der Waals surface area (Å²) in [7, 11) is 1.71. The van der Waals surface area contributed by atoms with E-state index in [0.29, 0.717) is 29.8 Å². The molecule has 1 aromatic carbocycles. The Balaban J connectivity index is 1.50. The van der Waals surface area contributed by atoms with Crippen LogP contribution in [0.5, 0.6) is 0 Å². The minimum absolute atomic E-state index is 0.0549. The third-order valence-electron chi connectivity index (χ3n) is 5.71. The molecule has 4 rings (SSSR count). The number of carbonyl (C=O) groups excluding carboxylic acids is 1. The predicted octanol–water partition coefficient (Wildman–Crippen LogP) is 1.60. The number of nitrogens with zero attached hydrogens (tertiary/aromatic N) is 2. The topological polar surface area (TPSA) is 68.8 Å². The van der Waals surface area contributed by atoms with Crippen molar-refractivity contribution in [3.8, 4) is 0 Å². The van der Waals surface area contributed by atoms with Gasteiger partial charge in [-0.25, -0.2) is 4.39 Å². The number of benzene rings is 1. The van der Waals surface area contributed by atoms with Crippen molar-refractivity contribution in [3.63, 3.8) is 0 Å². The Kier molecular flexibility index (Phi) is 4.69. The number of rotatable bonds is 3. The van der Waals surface area contributed by atoms with E-state index in [0.717, 1.165) is 25.9 Å². The van der Waals surface area contributed by atoms with Gasteiger partial charge in [0, 0.05) is 31.6 Å². The number of carbonyl (C=O) groups is 1. The summed E-state index contributed by atoms with van der Waals surface area (Å²) >= 11 is 0. The maximum Gasteiger partial charge on any atom is 0.270 e. The number of para-hydroxylation sites is 1. The molecule has 0 radical (unpaired) electrons. The number of aliphatic hydroxyl groups excluding tert-OH is 1. The van der Waals surface area contributed by atoms with Crippen molar-refractivity contribution in [2.45, 2.75) is 31.0 Å². The van der Waals surface area contributed by atoms with Crippen molar-refractivity contribution in [3.05, 3.63) is 35.8 Å². The molecule has 6 nitrogen and oxygen atoms in total. The standard InChI is InChI=1S/C19H24FN3O3/c1-22(15-5-6-16(18(15)24)23-7-9-26-10-8-23)19(25)14-11-12-3-2-4-13(20)17(12)21-14/h2-4,11,15-16,18,21,24H,5-10H2,1H3/t15-,16-,18-/m1/s1. The molecule has 1 amide bonds. The number of halogens is 1. The third-order valence-corrected chi connectivity index (χ3v) is 5.71. The molecule has 0 spiro atoms. The van der Waals surface area contributed by atoms with Crippen LogP contribution in [0.15, 0.2) is 24.3 Å². The van der Waals surface area contributed by atoms with Gasteiger partial charge in [0.05, 0.1) is 30.9 Å². The van der Waals surface area contributed by atoms with Crippen LogP contribution in [-0.4, -0.2) is 77.3 Å². The number of hydrogen-bond donors (Lipinski definition) is 2. The largest absolute Gasteiger partial charge is 0.389 e. The van der Waals surface area contributed by atoms with Gasteiger partial charge in [0.1, 0.15) is 11.5 Å². The number of morpholine rings is 1. The second-order valence-corrected chi connectivity index (χ2v) is 7.15. The second-order valence-electron chi connectivity index (χ2n) is 7.15. The summed E-state index contributed by atoms with van der Waals surface area (Å²) in [6.07, 6.45) is 1.01. The van der Waals surface area contributed by atoms with Crippen molar-refractivity contribution in [2.24, 2.45) is 0 Å². The first kappa shape index (κ1) is 17.5. The third kappa shape index (κ3) is 3.00. The van der Waals surface area contributed by atoms with Gasteiger partial charge in [-0.3, -0.25) is 9.69 Å². The maximum absolute atomic E-state index is 13.9. The van der Waals surface area contributed by atoms with Crippen molar-refractivity contribution < 1.29 is 19.0 Å². The van der Waals surface area contributed by atoms with Gasteiger partial charge in [0.15, 0.2) is 0 Å². The number of ether oxygens (including phenoxy) is 1. The average molecular weight is 361 g/mol. The van der Waals surface area contributed by atoms with Crippen molar-refractivity contribution in [2.75, 3.05) is 33.4 Å². The second kappa shape index (κ2) is 6.98. The first-order chi connectivity index (χ1) is 12.6. The van der Waals surface area contributed by atoms with E-state index in [9.17, 15) is 14.3 Å². The summed E-state index contributed by atoms with van der Waals surface area (Å²) in [6.45, 7) is 2.99. The molecule has 2 aliphatic rings. The molecule has 1 saturated carbocycles. The number of aliphatic hydroxyl groups is 1. The van der Waals surface area contributed by atoms with Crippen LogP contribution in [0.3, 0.4) is 0 Å². The van der Waals surface area contributed by atoms with Gasteiger partial charge in [-0.2, -0.15) is 0 Å². The van der Waals surface area contributed by atoms with Crippen LogP contribution in [0.1, 0.15) is 23.3 Å². The van der Waals surface area contributed by atoms with Gasteiger partial charge in [-0.15, -0.1) is 0 Å². The molecule has 0 unspecified atom stereocenters. The summed E-state index contributed by atoms with van der Waals surface area (Å²) in [5.74, 6) is -0.607. The number of aromatic amines is 1. The number of H-pyrrole nitrogens is 1. The highest BCUT2D eigenvalue weighted by Gasteiger charge is 2.42. The van der Waals surface area contributed by atoms with Crippen LogP contribution in [0, 0.1) is 5.82 Å². The molecular weight excluding hydrogens is 337 g/mol. The van der Waals surface area contributed by atoms with E-state index in [2.05, 4.69) is 9.88 Å². The summed E-state index contributed by atoms with van der Waals surface area (Å²) in [4.78, 5) is 19.6. The molecule has 2 N–H and O–H groups in total. The van der Waals surface area contributed by atoms with E-state index in [1.54, 1.807) is 30.1 Å². The molecule has 26 heavy (non-hydrogen) atoms. The molecule has 2 heterocycles. The summed E-state index contributed by atoms with van der Waals surface area (Å²) < 4.78 is 19.3. The van der Waals surface area contributed by atoms with Gasteiger partial charge in [-0.05, 0) is 25.0 Å². The van der Waals surface area contributed by atoms with Crippen LogP contribution in [0.25, 0.3) is 10.9 Å². The lowest BCUT2D eigenvalue weighted by Gasteiger charge is -2.36. The zero-order chi connectivity index (χ0) is 18.3.